The Labute approximate surface area is 124 Å². The first-order valence-corrected chi connectivity index (χ1v) is 6.39. The van der Waals surface area contributed by atoms with Gasteiger partial charge in [0.05, 0.1) is 9.95 Å². The van der Waals surface area contributed by atoms with Gasteiger partial charge < -0.3 is 5.32 Å². The van der Waals surface area contributed by atoms with Crippen LogP contribution in [0.1, 0.15) is 11.1 Å². The molecule has 2 rings (SSSR count). The summed E-state index contributed by atoms with van der Waals surface area (Å²) >= 11 is 5.92. The van der Waals surface area contributed by atoms with E-state index in [1.165, 1.54) is 31.2 Å². The van der Waals surface area contributed by atoms with E-state index in [4.69, 9.17) is 11.6 Å². The molecule has 4 nitrogen and oxygen atoms in total. The van der Waals surface area contributed by atoms with Crippen molar-refractivity contribution in [3.05, 3.63) is 68.2 Å². The molecule has 2 aromatic carbocycles. The minimum atomic E-state index is -0.712. The van der Waals surface area contributed by atoms with Crippen LogP contribution in [0.2, 0.25) is 5.02 Å². The highest BCUT2D eigenvalue weighted by atomic mass is 35.5. The minimum absolute atomic E-state index is 0.0497. The molecule has 110 valence electrons. The maximum Gasteiger partial charge on any atom is 0.270 e. The average molecular weight is 313 g/mol. The lowest BCUT2D eigenvalue weighted by molar-refractivity contribution is -0.384. The van der Waals surface area contributed by atoms with E-state index < -0.39 is 16.6 Å². The molecule has 0 bridgehead atoms. The van der Waals surface area contributed by atoms with Crippen molar-refractivity contribution in [2.24, 2.45) is 0 Å². The smallest absolute Gasteiger partial charge is 0.270 e. The molecule has 0 spiro atoms. The van der Waals surface area contributed by atoms with E-state index in [1.54, 1.807) is 0 Å². The number of hydrogen-bond donors (Lipinski definition) is 1. The van der Waals surface area contributed by atoms with Gasteiger partial charge in [0.25, 0.3) is 5.69 Å². The minimum Gasteiger partial charge on any atom is -0.376 e. The molecular weight excluding hydrogens is 302 g/mol. The maximum atomic E-state index is 13.8. The maximum absolute atomic E-state index is 13.8. The Morgan fingerprint density at radius 1 is 1.29 bits per heavy atom. The Morgan fingerprint density at radius 2 is 2.00 bits per heavy atom. The van der Waals surface area contributed by atoms with Crippen molar-refractivity contribution in [3.63, 3.8) is 0 Å². The van der Waals surface area contributed by atoms with Crippen molar-refractivity contribution in [1.82, 2.24) is 0 Å². The fourth-order valence-electron chi connectivity index (χ4n) is 1.80. The van der Waals surface area contributed by atoms with Crippen molar-refractivity contribution < 1.29 is 13.7 Å². The highest BCUT2D eigenvalue weighted by Crippen LogP contribution is 2.26. The molecule has 0 aromatic heterocycles. The second-order valence-corrected chi connectivity index (χ2v) is 4.85. The number of aryl methyl sites for hydroxylation is 1. The van der Waals surface area contributed by atoms with Gasteiger partial charge in [-0.25, -0.2) is 8.78 Å². The van der Waals surface area contributed by atoms with Crippen molar-refractivity contribution in [2.75, 3.05) is 5.32 Å². The fraction of sp³-hybridized carbons (Fsp3) is 0.143. The zero-order valence-corrected chi connectivity index (χ0v) is 11.7. The van der Waals surface area contributed by atoms with Crippen LogP contribution in [-0.2, 0) is 6.54 Å². The predicted octanol–water partition coefficient (Wildman–Crippen LogP) is 4.45. The Hall–Kier alpha value is -2.21. The van der Waals surface area contributed by atoms with Crippen LogP contribution in [0.15, 0.2) is 30.3 Å². The number of halogens is 3. The normalized spacial score (nSPS) is 10.5. The van der Waals surface area contributed by atoms with Gasteiger partial charge in [-0.15, -0.1) is 0 Å². The molecule has 1 N–H and O–H groups in total. The predicted molar refractivity (Wildman–Crippen MR) is 76.5 cm³/mol. The highest BCUT2D eigenvalue weighted by molar-refractivity contribution is 6.31. The zero-order chi connectivity index (χ0) is 15.6. The molecule has 2 aromatic rings. The highest BCUT2D eigenvalue weighted by Gasteiger charge is 2.13. The summed E-state index contributed by atoms with van der Waals surface area (Å²) in [6.07, 6.45) is 0. The first kappa shape index (κ1) is 15.2. The molecule has 0 heterocycles. The lowest BCUT2D eigenvalue weighted by Crippen LogP contribution is -2.05. The van der Waals surface area contributed by atoms with Gasteiger partial charge in [-0.2, -0.15) is 0 Å². The molecule has 21 heavy (non-hydrogen) atoms. The molecular formula is C14H11ClF2N2O2. The largest absolute Gasteiger partial charge is 0.376 e. The van der Waals surface area contributed by atoms with Crippen molar-refractivity contribution in [3.8, 4) is 0 Å². The fourth-order valence-corrected chi connectivity index (χ4v) is 2.04. The van der Waals surface area contributed by atoms with E-state index in [-0.39, 0.29) is 22.9 Å². The number of hydrogen-bond acceptors (Lipinski definition) is 3. The molecule has 0 radical (unpaired) electrons. The number of nitro groups is 1. The van der Waals surface area contributed by atoms with Crippen molar-refractivity contribution in [2.45, 2.75) is 13.5 Å². The second kappa shape index (κ2) is 6.05. The molecule has 0 saturated heterocycles. The first-order chi connectivity index (χ1) is 9.90. The summed E-state index contributed by atoms with van der Waals surface area (Å²) in [5.41, 5.74) is 0.428. The van der Waals surface area contributed by atoms with Crippen LogP contribution in [0.25, 0.3) is 0 Å². The number of benzene rings is 2. The van der Waals surface area contributed by atoms with Gasteiger partial charge in [0.15, 0.2) is 5.82 Å². The van der Waals surface area contributed by atoms with Crippen LogP contribution in [0.4, 0.5) is 20.2 Å². The van der Waals surface area contributed by atoms with Gasteiger partial charge >= 0.3 is 0 Å². The van der Waals surface area contributed by atoms with Crippen molar-refractivity contribution in [1.29, 1.82) is 0 Å². The Morgan fingerprint density at radius 3 is 2.62 bits per heavy atom. The van der Waals surface area contributed by atoms with Crippen LogP contribution in [0, 0.1) is 28.7 Å². The van der Waals surface area contributed by atoms with E-state index >= 15 is 0 Å². The summed E-state index contributed by atoms with van der Waals surface area (Å²) in [5.74, 6) is -1.39. The van der Waals surface area contributed by atoms with Gasteiger partial charge in [0, 0.05) is 18.7 Å². The van der Waals surface area contributed by atoms with Crippen LogP contribution in [-0.4, -0.2) is 4.92 Å². The summed E-state index contributed by atoms with van der Waals surface area (Å²) < 4.78 is 27.4. The number of nitro benzene ring substituents is 1. The summed E-state index contributed by atoms with van der Waals surface area (Å²) in [6.45, 7) is 1.58. The van der Waals surface area contributed by atoms with Gasteiger partial charge in [-0.05, 0) is 30.2 Å². The molecule has 0 aliphatic carbocycles. The molecule has 0 aliphatic heterocycles. The molecule has 0 aliphatic rings. The summed E-state index contributed by atoms with van der Waals surface area (Å²) in [4.78, 5) is 10.0. The van der Waals surface area contributed by atoms with Gasteiger partial charge in [0.2, 0.25) is 0 Å². The summed E-state index contributed by atoms with van der Waals surface area (Å²) in [5, 5.41) is 13.4. The van der Waals surface area contributed by atoms with Gasteiger partial charge in [-0.1, -0.05) is 17.7 Å². The monoisotopic (exact) mass is 312 g/mol. The van der Waals surface area contributed by atoms with E-state index in [0.717, 1.165) is 6.07 Å². The Bertz CT molecular complexity index is 708. The summed E-state index contributed by atoms with van der Waals surface area (Å²) in [6, 6.07) is 6.43. The standard InChI is InChI=1S/C14H11ClF2N2O2/c1-8-2-5-12(16)14(13(8)17)18-7-9-3-4-10(19(20)21)6-11(9)15/h2-6,18H,7H2,1H3. The first-order valence-electron chi connectivity index (χ1n) is 6.01. The molecule has 0 atom stereocenters. The molecule has 0 saturated carbocycles. The average Bonchev–Trinajstić information content (AvgIpc) is 2.44. The number of nitrogens with zero attached hydrogens (tertiary/aromatic N) is 1. The van der Waals surface area contributed by atoms with Crippen molar-refractivity contribution >= 4 is 23.0 Å². The number of nitrogens with one attached hydrogen (secondary N) is 1. The van der Waals surface area contributed by atoms with E-state index in [2.05, 4.69) is 5.32 Å². The van der Waals surface area contributed by atoms with Crippen LogP contribution >= 0.6 is 11.6 Å². The number of anilines is 1. The van der Waals surface area contributed by atoms with Crippen LogP contribution in [0.3, 0.4) is 0 Å². The molecule has 0 fully saturated rings. The van der Waals surface area contributed by atoms with E-state index in [9.17, 15) is 18.9 Å². The van der Waals surface area contributed by atoms with Crippen LogP contribution < -0.4 is 5.32 Å². The van der Waals surface area contributed by atoms with Gasteiger partial charge in [0.1, 0.15) is 11.5 Å². The molecule has 0 amide bonds. The number of non-ortho nitro benzene ring substituents is 1. The third-order valence-corrected chi connectivity index (χ3v) is 3.34. The SMILES string of the molecule is Cc1ccc(F)c(NCc2ccc([N+](=O)[O-])cc2Cl)c1F. The second-order valence-electron chi connectivity index (χ2n) is 4.44. The quantitative estimate of drug-likeness (QED) is 0.670. The van der Waals surface area contributed by atoms with E-state index in [0.29, 0.717) is 11.1 Å². The van der Waals surface area contributed by atoms with Crippen LogP contribution in [0.5, 0.6) is 0 Å². The molecule has 0 unspecified atom stereocenters. The third kappa shape index (κ3) is 3.28. The molecule has 7 heteroatoms. The Kier molecular flexibility index (Phi) is 4.37. The Balaban J connectivity index is 2.21. The number of rotatable bonds is 4. The third-order valence-electron chi connectivity index (χ3n) is 2.99. The zero-order valence-electron chi connectivity index (χ0n) is 11.0. The lowest BCUT2D eigenvalue weighted by Gasteiger charge is -2.11. The summed E-state index contributed by atoms with van der Waals surface area (Å²) in [7, 11) is 0. The van der Waals surface area contributed by atoms with E-state index in [1.807, 2.05) is 0 Å². The topological polar surface area (TPSA) is 55.2 Å². The van der Waals surface area contributed by atoms with Gasteiger partial charge in [-0.3, -0.25) is 10.1 Å². The lowest BCUT2D eigenvalue weighted by atomic mass is 10.1.